The van der Waals surface area contributed by atoms with Crippen molar-refractivity contribution in [3.63, 3.8) is 0 Å². The van der Waals surface area contributed by atoms with Crippen molar-refractivity contribution in [3.8, 4) is 0 Å². The van der Waals surface area contributed by atoms with Crippen LogP contribution in [0.5, 0.6) is 0 Å². The Hall–Kier alpha value is -1.33. The van der Waals surface area contributed by atoms with Crippen LogP contribution in [0, 0.1) is 0 Å². The van der Waals surface area contributed by atoms with Crippen LogP contribution >= 0.6 is 0 Å². The lowest BCUT2D eigenvalue weighted by Gasteiger charge is -2.01. The van der Waals surface area contributed by atoms with E-state index in [9.17, 15) is 4.79 Å². The van der Waals surface area contributed by atoms with Crippen molar-refractivity contribution >= 4 is 5.91 Å². The number of rotatable bonds is 4. The maximum atomic E-state index is 11.0. The zero-order chi connectivity index (χ0) is 8.81. The summed E-state index contributed by atoms with van der Waals surface area (Å²) in [5.74, 6) is -0.353. The Morgan fingerprint density at radius 1 is 1.75 bits per heavy atom. The molecule has 0 aliphatic heterocycles. The first-order valence-electron chi connectivity index (χ1n) is 3.51. The number of carbonyl (C=O) groups is 1. The van der Waals surface area contributed by atoms with Crippen LogP contribution in [-0.4, -0.2) is 29.2 Å². The summed E-state index contributed by atoms with van der Waals surface area (Å²) in [7, 11) is 0. The van der Waals surface area contributed by atoms with Crippen molar-refractivity contribution in [2.45, 2.75) is 0 Å². The zero-order valence-electron chi connectivity index (χ0n) is 6.41. The number of aromatic amines is 1. The van der Waals surface area contributed by atoms with Crippen LogP contribution in [0.1, 0.15) is 10.5 Å². The van der Waals surface area contributed by atoms with Crippen LogP contribution in [-0.2, 0) is 4.84 Å². The molecular formula is C7H10N2O3. The average molecular weight is 170 g/mol. The standard InChI is InChI=1S/C7H10N2O3/c10-4-5-12-9-7(11)6-2-1-3-8-6/h1-3,8,10H,4-5H2,(H,9,11). The Kier molecular flexibility index (Phi) is 3.31. The molecule has 5 heteroatoms. The molecule has 0 atom stereocenters. The van der Waals surface area contributed by atoms with Crippen molar-refractivity contribution in [1.82, 2.24) is 10.5 Å². The normalized spacial score (nSPS) is 9.75. The minimum atomic E-state index is -0.353. The van der Waals surface area contributed by atoms with E-state index in [0.717, 1.165) is 0 Å². The Labute approximate surface area is 69.3 Å². The number of aliphatic hydroxyl groups is 1. The Bertz CT molecular complexity index is 233. The van der Waals surface area contributed by atoms with Gasteiger partial charge in [-0.2, -0.15) is 0 Å². The van der Waals surface area contributed by atoms with Gasteiger partial charge in [-0.1, -0.05) is 0 Å². The number of nitrogens with one attached hydrogen (secondary N) is 2. The van der Waals surface area contributed by atoms with Gasteiger partial charge < -0.3 is 10.1 Å². The lowest BCUT2D eigenvalue weighted by Crippen LogP contribution is -2.25. The fourth-order valence-electron chi connectivity index (χ4n) is 0.689. The van der Waals surface area contributed by atoms with Gasteiger partial charge in [-0.05, 0) is 12.1 Å². The van der Waals surface area contributed by atoms with Gasteiger partial charge in [0.25, 0.3) is 5.91 Å². The van der Waals surface area contributed by atoms with Gasteiger partial charge in [0, 0.05) is 6.20 Å². The van der Waals surface area contributed by atoms with E-state index >= 15 is 0 Å². The third-order valence-corrected chi connectivity index (χ3v) is 1.20. The Morgan fingerprint density at radius 2 is 2.58 bits per heavy atom. The third-order valence-electron chi connectivity index (χ3n) is 1.20. The Morgan fingerprint density at radius 3 is 3.17 bits per heavy atom. The summed E-state index contributed by atoms with van der Waals surface area (Å²) in [6.45, 7) is -0.0303. The van der Waals surface area contributed by atoms with E-state index in [2.05, 4.69) is 15.3 Å². The second-order valence-corrected chi connectivity index (χ2v) is 2.09. The van der Waals surface area contributed by atoms with E-state index in [-0.39, 0.29) is 19.1 Å². The summed E-state index contributed by atoms with van der Waals surface area (Å²) in [6.07, 6.45) is 1.64. The molecule has 0 saturated heterocycles. The van der Waals surface area contributed by atoms with Crippen LogP contribution < -0.4 is 5.48 Å². The van der Waals surface area contributed by atoms with Crippen molar-refractivity contribution in [2.24, 2.45) is 0 Å². The van der Waals surface area contributed by atoms with Crippen LogP contribution in [0.4, 0.5) is 0 Å². The van der Waals surface area contributed by atoms with Gasteiger partial charge in [0.05, 0.1) is 13.2 Å². The summed E-state index contributed by atoms with van der Waals surface area (Å²) in [4.78, 5) is 18.3. The number of hydroxylamine groups is 1. The molecule has 66 valence electrons. The average Bonchev–Trinajstić information content (AvgIpc) is 2.56. The molecule has 0 spiro atoms. The molecule has 0 fully saturated rings. The van der Waals surface area contributed by atoms with Crippen molar-refractivity contribution in [1.29, 1.82) is 0 Å². The first kappa shape index (κ1) is 8.76. The van der Waals surface area contributed by atoms with Crippen LogP contribution in [0.2, 0.25) is 0 Å². The van der Waals surface area contributed by atoms with E-state index in [4.69, 9.17) is 5.11 Å². The molecule has 0 aromatic carbocycles. The molecule has 0 aliphatic carbocycles. The Balaban J connectivity index is 2.30. The molecule has 0 bridgehead atoms. The molecule has 1 rings (SSSR count). The molecular weight excluding hydrogens is 160 g/mol. The highest BCUT2D eigenvalue weighted by molar-refractivity contribution is 5.91. The maximum Gasteiger partial charge on any atom is 0.291 e. The minimum Gasteiger partial charge on any atom is -0.394 e. The van der Waals surface area contributed by atoms with Gasteiger partial charge in [0.2, 0.25) is 0 Å². The third kappa shape index (κ3) is 2.37. The predicted octanol–water partition coefficient (Wildman–Crippen LogP) is -0.332. The molecule has 1 amide bonds. The lowest BCUT2D eigenvalue weighted by molar-refractivity contribution is 0.0165. The second kappa shape index (κ2) is 4.53. The van der Waals surface area contributed by atoms with Crippen LogP contribution in [0.3, 0.4) is 0 Å². The van der Waals surface area contributed by atoms with Gasteiger partial charge >= 0.3 is 0 Å². The highest BCUT2D eigenvalue weighted by Crippen LogP contribution is 1.92. The molecule has 0 unspecified atom stereocenters. The smallest absolute Gasteiger partial charge is 0.291 e. The van der Waals surface area contributed by atoms with E-state index in [1.165, 1.54) is 0 Å². The number of hydrogen-bond donors (Lipinski definition) is 3. The number of aromatic nitrogens is 1. The fraction of sp³-hybridized carbons (Fsp3) is 0.286. The highest BCUT2D eigenvalue weighted by Gasteiger charge is 2.03. The van der Waals surface area contributed by atoms with Gasteiger partial charge in [0.1, 0.15) is 5.69 Å². The molecule has 0 saturated carbocycles. The zero-order valence-corrected chi connectivity index (χ0v) is 6.41. The number of hydrogen-bond acceptors (Lipinski definition) is 3. The molecule has 0 aliphatic rings. The first-order valence-corrected chi connectivity index (χ1v) is 3.51. The summed E-state index contributed by atoms with van der Waals surface area (Å²) >= 11 is 0. The number of aliphatic hydroxyl groups excluding tert-OH is 1. The van der Waals surface area contributed by atoms with E-state index in [1.807, 2.05) is 0 Å². The van der Waals surface area contributed by atoms with Gasteiger partial charge in [-0.15, -0.1) is 0 Å². The summed E-state index contributed by atoms with van der Waals surface area (Å²) < 4.78 is 0. The van der Waals surface area contributed by atoms with Crippen LogP contribution in [0.15, 0.2) is 18.3 Å². The molecule has 3 N–H and O–H groups in total. The van der Waals surface area contributed by atoms with Gasteiger partial charge in [0.15, 0.2) is 0 Å². The van der Waals surface area contributed by atoms with E-state index in [1.54, 1.807) is 18.3 Å². The summed E-state index contributed by atoms with van der Waals surface area (Å²) in [5.41, 5.74) is 2.58. The first-order chi connectivity index (χ1) is 5.84. The quantitative estimate of drug-likeness (QED) is 0.428. The molecule has 1 aromatic rings. The van der Waals surface area contributed by atoms with Crippen molar-refractivity contribution < 1.29 is 14.7 Å². The molecule has 0 radical (unpaired) electrons. The number of H-pyrrole nitrogens is 1. The lowest BCUT2D eigenvalue weighted by atomic mass is 10.4. The van der Waals surface area contributed by atoms with Gasteiger partial charge in [-0.25, -0.2) is 5.48 Å². The monoisotopic (exact) mass is 170 g/mol. The molecule has 1 aromatic heterocycles. The SMILES string of the molecule is O=C(NOCCO)c1ccc[nH]1. The van der Waals surface area contributed by atoms with Gasteiger partial charge in [-0.3, -0.25) is 9.63 Å². The fourth-order valence-corrected chi connectivity index (χ4v) is 0.689. The number of amides is 1. The highest BCUT2D eigenvalue weighted by atomic mass is 16.7. The number of carbonyl (C=O) groups excluding carboxylic acids is 1. The molecule has 12 heavy (non-hydrogen) atoms. The molecule has 1 heterocycles. The second-order valence-electron chi connectivity index (χ2n) is 2.09. The predicted molar refractivity (Wildman–Crippen MR) is 41.3 cm³/mol. The van der Waals surface area contributed by atoms with E-state index in [0.29, 0.717) is 5.69 Å². The summed E-state index contributed by atoms with van der Waals surface area (Å²) in [5, 5.41) is 8.33. The van der Waals surface area contributed by atoms with Crippen molar-refractivity contribution in [3.05, 3.63) is 24.0 Å². The maximum absolute atomic E-state index is 11.0. The van der Waals surface area contributed by atoms with Crippen molar-refractivity contribution in [2.75, 3.05) is 13.2 Å². The van der Waals surface area contributed by atoms with E-state index < -0.39 is 0 Å². The largest absolute Gasteiger partial charge is 0.394 e. The molecule has 5 nitrogen and oxygen atoms in total. The summed E-state index contributed by atoms with van der Waals surface area (Å²) in [6, 6.07) is 3.33. The minimum absolute atomic E-state index is 0.0897. The van der Waals surface area contributed by atoms with Crippen LogP contribution in [0.25, 0.3) is 0 Å². The topological polar surface area (TPSA) is 74.3 Å².